The van der Waals surface area contributed by atoms with Crippen LogP contribution in [0.4, 0.5) is 5.69 Å². The molecule has 6 rings (SSSR count). The molecule has 2 aromatic heterocycles. The molecule has 1 N–H and O–H groups in total. The molecule has 2 aromatic carbocycles. The maximum absolute atomic E-state index is 5.93. The van der Waals surface area contributed by atoms with E-state index in [4.69, 9.17) is 26.7 Å². The van der Waals surface area contributed by atoms with E-state index in [1.165, 1.54) is 28.2 Å². The molecule has 0 aliphatic carbocycles. The number of thiocarbonyl (C=S) groups is 1. The number of pyridine rings is 1. The number of nitrogens with one attached hydrogen (secondary N) is 1. The van der Waals surface area contributed by atoms with Crippen molar-refractivity contribution in [1.29, 1.82) is 0 Å². The highest BCUT2D eigenvalue weighted by Crippen LogP contribution is 2.46. The van der Waals surface area contributed by atoms with E-state index in [-0.39, 0.29) is 18.9 Å². The Kier molecular flexibility index (Phi) is 5.64. The molecule has 7 heteroatoms. The van der Waals surface area contributed by atoms with Crippen LogP contribution < -0.4 is 19.7 Å². The van der Waals surface area contributed by atoms with E-state index < -0.39 is 0 Å². The van der Waals surface area contributed by atoms with Crippen molar-refractivity contribution in [3.63, 3.8) is 0 Å². The summed E-state index contributed by atoms with van der Waals surface area (Å²) in [4.78, 5) is 6.89. The van der Waals surface area contributed by atoms with Crippen molar-refractivity contribution in [3.8, 4) is 17.2 Å². The number of aromatic nitrogens is 2. The van der Waals surface area contributed by atoms with Crippen molar-refractivity contribution >= 4 is 23.0 Å². The third-order valence-electron chi connectivity index (χ3n) is 7.13. The molecule has 182 valence electrons. The highest BCUT2D eigenvalue weighted by Gasteiger charge is 2.42. The second kappa shape index (κ2) is 8.99. The molecule has 2 aliphatic heterocycles. The summed E-state index contributed by atoms with van der Waals surface area (Å²) >= 11 is 5.93. The van der Waals surface area contributed by atoms with E-state index in [2.05, 4.69) is 72.0 Å². The normalized spacial score (nSPS) is 18.5. The van der Waals surface area contributed by atoms with Crippen LogP contribution in [0.2, 0.25) is 0 Å². The van der Waals surface area contributed by atoms with Crippen LogP contribution in [0, 0.1) is 13.8 Å². The van der Waals surface area contributed by atoms with Gasteiger partial charge in [-0.25, -0.2) is 0 Å². The first-order valence-corrected chi connectivity index (χ1v) is 12.6. The fraction of sp³-hybridized carbons (Fsp3) is 0.241. The average molecular weight is 497 g/mol. The Hall–Kier alpha value is -3.84. The second-order valence-electron chi connectivity index (χ2n) is 9.18. The number of nitrogens with zero attached hydrogens (tertiary/aromatic N) is 3. The van der Waals surface area contributed by atoms with Gasteiger partial charge in [0, 0.05) is 35.0 Å². The summed E-state index contributed by atoms with van der Waals surface area (Å²) in [6.45, 7) is 6.80. The quantitative estimate of drug-likeness (QED) is 0.344. The Morgan fingerprint density at radius 1 is 1.00 bits per heavy atom. The lowest BCUT2D eigenvalue weighted by Gasteiger charge is -2.28. The lowest BCUT2D eigenvalue weighted by molar-refractivity contribution is 0.174. The van der Waals surface area contributed by atoms with E-state index in [1.54, 1.807) is 0 Å². The lowest BCUT2D eigenvalue weighted by atomic mass is 9.96. The minimum atomic E-state index is -0.112. The monoisotopic (exact) mass is 496 g/mol. The lowest BCUT2D eigenvalue weighted by Crippen LogP contribution is -2.29. The third kappa shape index (κ3) is 3.62. The molecule has 4 aromatic rings. The van der Waals surface area contributed by atoms with Crippen LogP contribution in [0.3, 0.4) is 0 Å². The fourth-order valence-corrected chi connectivity index (χ4v) is 5.82. The number of para-hydroxylation sites is 1. The van der Waals surface area contributed by atoms with Crippen LogP contribution in [0.1, 0.15) is 47.2 Å². The van der Waals surface area contributed by atoms with Crippen molar-refractivity contribution in [2.75, 3.05) is 11.7 Å². The van der Waals surface area contributed by atoms with Crippen molar-refractivity contribution in [3.05, 3.63) is 101 Å². The summed E-state index contributed by atoms with van der Waals surface area (Å²) in [5.74, 6) is 1.49. The molecule has 0 spiro atoms. The molecule has 2 atom stereocenters. The molecule has 1 fully saturated rings. The van der Waals surface area contributed by atoms with Crippen LogP contribution in [0.5, 0.6) is 11.5 Å². The maximum atomic E-state index is 5.93. The van der Waals surface area contributed by atoms with Crippen LogP contribution in [0.25, 0.3) is 5.69 Å². The molecule has 0 radical (unpaired) electrons. The number of rotatable bonds is 5. The first-order chi connectivity index (χ1) is 17.6. The van der Waals surface area contributed by atoms with Gasteiger partial charge in [0.2, 0.25) is 6.79 Å². The number of fused-ring (bicyclic) bond motifs is 1. The van der Waals surface area contributed by atoms with E-state index in [0.717, 1.165) is 29.3 Å². The van der Waals surface area contributed by atoms with Gasteiger partial charge in [-0.1, -0.05) is 31.2 Å². The zero-order valence-electron chi connectivity index (χ0n) is 20.6. The van der Waals surface area contributed by atoms with Gasteiger partial charge < -0.3 is 24.3 Å². The molecule has 0 unspecified atom stereocenters. The largest absolute Gasteiger partial charge is 0.454 e. The fourth-order valence-electron chi connectivity index (χ4n) is 5.47. The molecule has 36 heavy (non-hydrogen) atoms. The standard InChI is InChI=1S/C29H28N4O2S/c1-4-20-9-5-6-11-24(20)32-18(2)15-22(19(32)3)28-27(23-10-7-8-14-30-23)31-29(36)33(28)21-12-13-25-26(16-21)35-17-34-25/h5-16,27-28H,4,17H2,1-3H3,(H,31,36)/t27-,28+/m0/s1. The molecular weight excluding hydrogens is 468 g/mol. The molecule has 4 heterocycles. The van der Waals surface area contributed by atoms with E-state index in [9.17, 15) is 0 Å². The topological polar surface area (TPSA) is 51.6 Å². The Labute approximate surface area is 216 Å². The number of ether oxygens (including phenoxy) is 2. The smallest absolute Gasteiger partial charge is 0.231 e. The number of hydrogen-bond donors (Lipinski definition) is 1. The zero-order chi connectivity index (χ0) is 24.8. The molecule has 0 amide bonds. The third-order valence-corrected chi connectivity index (χ3v) is 7.45. The predicted molar refractivity (Wildman–Crippen MR) is 145 cm³/mol. The van der Waals surface area contributed by atoms with E-state index in [1.807, 2.05) is 36.5 Å². The van der Waals surface area contributed by atoms with Crippen molar-refractivity contribution < 1.29 is 9.47 Å². The van der Waals surface area contributed by atoms with Crippen LogP contribution in [-0.4, -0.2) is 21.5 Å². The number of aryl methyl sites for hydroxylation is 2. The van der Waals surface area contributed by atoms with Gasteiger partial charge in [0.1, 0.15) is 0 Å². The molecular formula is C29H28N4O2S. The summed E-state index contributed by atoms with van der Waals surface area (Å²) < 4.78 is 13.6. The van der Waals surface area contributed by atoms with E-state index >= 15 is 0 Å². The number of benzene rings is 2. The summed E-state index contributed by atoms with van der Waals surface area (Å²) in [5.41, 5.74) is 8.03. The SMILES string of the molecule is CCc1ccccc1-n1c(C)cc([C@@H]2[C@H](c3ccccn3)NC(=S)N2c2ccc3c(c2)OCO3)c1C. The van der Waals surface area contributed by atoms with Crippen molar-refractivity contribution in [2.24, 2.45) is 0 Å². The highest BCUT2D eigenvalue weighted by atomic mass is 32.1. The second-order valence-corrected chi connectivity index (χ2v) is 9.57. The average Bonchev–Trinajstić information content (AvgIpc) is 3.59. The van der Waals surface area contributed by atoms with Gasteiger partial charge >= 0.3 is 0 Å². The summed E-state index contributed by atoms with van der Waals surface area (Å²) in [7, 11) is 0. The summed E-state index contributed by atoms with van der Waals surface area (Å²) in [6, 6.07) is 22.7. The molecule has 1 saturated heterocycles. The van der Waals surface area contributed by atoms with Gasteiger partial charge in [-0.3, -0.25) is 4.98 Å². The van der Waals surface area contributed by atoms with Gasteiger partial charge in [0.25, 0.3) is 0 Å². The molecule has 0 saturated carbocycles. The van der Waals surface area contributed by atoms with Crippen LogP contribution in [-0.2, 0) is 6.42 Å². The van der Waals surface area contributed by atoms with Crippen LogP contribution in [0.15, 0.2) is 72.9 Å². The maximum Gasteiger partial charge on any atom is 0.231 e. The van der Waals surface area contributed by atoms with Crippen molar-refractivity contribution in [2.45, 2.75) is 39.3 Å². The minimum absolute atomic E-state index is 0.0958. The van der Waals surface area contributed by atoms with Gasteiger partial charge in [-0.05, 0) is 80.0 Å². The molecule has 6 nitrogen and oxygen atoms in total. The Morgan fingerprint density at radius 3 is 2.61 bits per heavy atom. The summed E-state index contributed by atoms with van der Waals surface area (Å²) in [5, 5.41) is 4.23. The predicted octanol–water partition coefficient (Wildman–Crippen LogP) is 5.96. The Morgan fingerprint density at radius 2 is 1.81 bits per heavy atom. The van der Waals surface area contributed by atoms with E-state index in [0.29, 0.717) is 5.11 Å². The van der Waals surface area contributed by atoms with Gasteiger partial charge in [0.15, 0.2) is 16.6 Å². The highest BCUT2D eigenvalue weighted by molar-refractivity contribution is 7.80. The minimum Gasteiger partial charge on any atom is -0.454 e. The van der Waals surface area contributed by atoms with Gasteiger partial charge in [0.05, 0.1) is 17.8 Å². The van der Waals surface area contributed by atoms with Gasteiger partial charge in [-0.15, -0.1) is 0 Å². The Balaban J connectivity index is 1.52. The first kappa shape index (κ1) is 22.6. The van der Waals surface area contributed by atoms with Crippen LogP contribution >= 0.6 is 12.2 Å². The van der Waals surface area contributed by atoms with Crippen molar-refractivity contribution in [1.82, 2.24) is 14.9 Å². The molecule has 2 aliphatic rings. The zero-order valence-corrected chi connectivity index (χ0v) is 21.4. The Bertz CT molecular complexity index is 1450. The number of anilines is 1. The summed E-state index contributed by atoms with van der Waals surface area (Å²) in [6.07, 6.45) is 2.80. The van der Waals surface area contributed by atoms with Gasteiger partial charge in [-0.2, -0.15) is 0 Å². The molecule has 0 bridgehead atoms. The number of hydrogen-bond acceptors (Lipinski definition) is 4. The first-order valence-electron chi connectivity index (χ1n) is 12.2.